The number of hydrogen-bond acceptors (Lipinski definition) is 2. The molecule has 2 rings (SSSR count). The Kier molecular flexibility index (Phi) is 5.40. The van der Waals surface area contributed by atoms with E-state index in [1.807, 2.05) is 0 Å². The summed E-state index contributed by atoms with van der Waals surface area (Å²) in [6.07, 6.45) is 2.92. The van der Waals surface area contributed by atoms with Gasteiger partial charge in [-0.15, -0.1) is 0 Å². The van der Waals surface area contributed by atoms with Crippen molar-refractivity contribution in [1.82, 2.24) is 4.90 Å². The standard InChI is InChI=1S/C18H28N2O/c1-13(2)16-7-5-6-14(3)18(16)19-17(21)12-15-8-10-20(4)11-9-15/h5-7,13,15H,8-12H2,1-4H3,(H,19,21). The molecule has 1 aliphatic rings. The maximum Gasteiger partial charge on any atom is 0.224 e. The molecule has 1 saturated heterocycles. The van der Waals surface area contributed by atoms with Crippen LogP contribution in [0.15, 0.2) is 18.2 Å². The van der Waals surface area contributed by atoms with Crippen LogP contribution in [-0.2, 0) is 4.79 Å². The lowest BCUT2D eigenvalue weighted by Gasteiger charge is -2.28. The van der Waals surface area contributed by atoms with E-state index in [1.54, 1.807) is 0 Å². The van der Waals surface area contributed by atoms with Crippen LogP contribution in [0.25, 0.3) is 0 Å². The molecule has 1 aliphatic heterocycles. The minimum absolute atomic E-state index is 0.167. The molecule has 0 spiro atoms. The third-order valence-electron chi connectivity index (χ3n) is 4.50. The predicted octanol–water partition coefficient (Wildman–Crippen LogP) is 3.79. The van der Waals surface area contributed by atoms with Crippen molar-refractivity contribution in [3.63, 3.8) is 0 Å². The van der Waals surface area contributed by atoms with Crippen LogP contribution in [0.1, 0.15) is 50.2 Å². The van der Waals surface area contributed by atoms with Gasteiger partial charge in [-0.05, 0) is 62.9 Å². The summed E-state index contributed by atoms with van der Waals surface area (Å²) in [6, 6.07) is 6.25. The first kappa shape index (κ1) is 16.0. The molecule has 0 radical (unpaired) electrons. The lowest BCUT2D eigenvalue weighted by atomic mass is 9.93. The molecular weight excluding hydrogens is 260 g/mol. The van der Waals surface area contributed by atoms with E-state index in [4.69, 9.17) is 0 Å². The van der Waals surface area contributed by atoms with E-state index < -0.39 is 0 Å². The topological polar surface area (TPSA) is 32.3 Å². The monoisotopic (exact) mass is 288 g/mol. The van der Waals surface area contributed by atoms with Gasteiger partial charge >= 0.3 is 0 Å². The summed E-state index contributed by atoms with van der Waals surface area (Å²) in [5, 5.41) is 3.17. The van der Waals surface area contributed by atoms with Crippen LogP contribution >= 0.6 is 0 Å². The summed E-state index contributed by atoms with van der Waals surface area (Å²) in [4.78, 5) is 14.7. The number of nitrogens with zero attached hydrogens (tertiary/aromatic N) is 1. The van der Waals surface area contributed by atoms with Crippen LogP contribution in [0.5, 0.6) is 0 Å². The Bertz CT molecular complexity index is 488. The molecule has 116 valence electrons. The number of rotatable bonds is 4. The minimum atomic E-state index is 0.167. The maximum absolute atomic E-state index is 12.4. The SMILES string of the molecule is Cc1cccc(C(C)C)c1NC(=O)CC1CCN(C)CC1. The van der Waals surface area contributed by atoms with E-state index in [0.29, 0.717) is 18.3 Å². The van der Waals surface area contributed by atoms with Gasteiger partial charge in [0.15, 0.2) is 0 Å². The molecular formula is C18H28N2O. The van der Waals surface area contributed by atoms with Gasteiger partial charge in [-0.1, -0.05) is 32.0 Å². The molecule has 3 nitrogen and oxygen atoms in total. The van der Waals surface area contributed by atoms with Gasteiger partial charge in [0.1, 0.15) is 0 Å². The molecule has 3 heteroatoms. The lowest BCUT2D eigenvalue weighted by Crippen LogP contribution is -2.32. The number of aryl methyl sites for hydroxylation is 1. The fraction of sp³-hybridized carbons (Fsp3) is 0.611. The van der Waals surface area contributed by atoms with Crippen molar-refractivity contribution in [3.8, 4) is 0 Å². The number of piperidine rings is 1. The van der Waals surface area contributed by atoms with Gasteiger partial charge < -0.3 is 10.2 Å². The third-order valence-corrected chi connectivity index (χ3v) is 4.50. The van der Waals surface area contributed by atoms with Crippen LogP contribution < -0.4 is 5.32 Å². The van der Waals surface area contributed by atoms with Crippen molar-refractivity contribution in [2.45, 2.75) is 46.0 Å². The second kappa shape index (κ2) is 7.08. The average molecular weight is 288 g/mol. The van der Waals surface area contributed by atoms with Gasteiger partial charge in [-0.2, -0.15) is 0 Å². The first-order chi connectivity index (χ1) is 9.97. The van der Waals surface area contributed by atoms with Gasteiger partial charge in [0.25, 0.3) is 0 Å². The van der Waals surface area contributed by atoms with E-state index in [-0.39, 0.29) is 5.91 Å². The number of hydrogen-bond donors (Lipinski definition) is 1. The van der Waals surface area contributed by atoms with Crippen molar-refractivity contribution >= 4 is 11.6 Å². The smallest absolute Gasteiger partial charge is 0.224 e. The highest BCUT2D eigenvalue weighted by Gasteiger charge is 2.20. The quantitative estimate of drug-likeness (QED) is 0.914. The van der Waals surface area contributed by atoms with Crippen LogP contribution in [0.2, 0.25) is 0 Å². The van der Waals surface area contributed by atoms with Crippen molar-refractivity contribution in [1.29, 1.82) is 0 Å². The predicted molar refractivity (Wildman–Crippen MR) is 88.7 cm³/mol. The van der Waals surface area contributed by atoms with Gasteiger partial charge in [-0.3, -0.25) is 4.79 Å². The maximum atomic E-state index is 12.4. The number of carbonyl (C=O) groups excluding carboxylic acids is 1. The summed E-state index contributed by atoms with van der Waals surface area (Å²) in [7, 11) is 2.15. The normalized spacial score (nSPS) is 17.2. The summed E-state index contributed by atoms with van der Waals surface area (Å²) in [5.74, 6) is 1.12. The zero-order valence-electron chi connectivity index (χ0n) is 13.8. The van der Waals surface area contributed by atoms with Crippen LogP contribution in [0.4, 0.5) is 5.69 Å². The number of benzene rings is 1. The molecule has 0 bridgehead atoms. The van der Waals surface area contributed by atoms with Gasteiger partial charge in [-0.25, -0.2) is 0 Å². The van der Waals surface area contributed by atoms with Gasteiger partial charge in [0, 0.05) is 12.1 Å². The van der Waals surface area contributed by atoms with E-state index in [2.05, 4.69) is 56.2 Å². The highest BCUT2D eigenvalue weighted by Crippen LogP contribution is 2.28. The van der Waals surface area contributed by atoms with Crippen molar-refractivity contribution in [2.24, 2.45) is 5.92 Å². The Morgan fingerprint density at radius 1 is 1.33 bits per heavy atom. The van der Waals surface area contributed by atoms with Gasteiger partial charge in [0.05, 0.1) is 0 Å². The molecule has 1 N–H and O–H groups in total. The zero-order valence-corrected chi connectivity index (χ0v) is 13.8. The molecule has 1 amide bonds. The molecule has 1 aromatic rings. The molecule has 0 aliphatic carbocycles. The Morgan fingerprint density at radius 3 is 2.62 bits per heavy atom. The number of likely N-dealkylation sites (tertiary alicyclic amines) is 1. The number of nitrogens with one attached hydrogen (secondary N) is 1. The third kappa shape index (κ3) is 4.31. The first-order valence-corrected chi connectivity index (χ1v) is 8.05. The van der Waals surface area contributed by atoms with E-state index in [9.17, 15) is 4.79 Å². The molecule has 1 heterocycles. The second-order valence-corrected chi connectivity index (χ2v) is 6.69. The Labute approximate surface area is 128 Å². The van der Waals surface area contributed by atoms with Crippen molar-refractivity contribution < 1.29 is 4.79 Å². The van der Waals surface area contributed by atoms with Crippen LogP contribution in [-0.4, -0.2) is 30.9 Å². The number of para-hydroxylation sites is 1. The zero-order chi connectivity index (χ0) is 15.4. The second-order valence-electron chi connectivity index (χ2n) is 6.69. The van der Waals surface area contributed by atoms with E-state index >= 15 is 0 Å². The summed E-state index contributed by atoms with van der Waals surface area (Å²) in [5.41, 5.74) is 3.40. The van der Waals surface area contributed by atoms with Crippen molar-refractivity contribution in [3.05, 3.63) is 29.3 Å². The molecule has 1 fully saturated rings. The highest BCUT2D eigenvalue weighted by molar-refractivity contribution is 5.92. The Balaban J connectivity index is 2.00. The van der Waals surface area contributed by atoms with E-state index in [1.165, 1.54) is 5.56 Å². The van der Waals surface area contributed by atoms with Crippen LogP contribution in [0, 0.1) is 12.8 Å². The lowest BCUT2D eigenvalue weighted by molar-refractivity contribution is -0.117. The first-order valence-electron chi connectivity index (χ1n) is 8.05. The fourth-order valence-corrected chi connectivity index (χ4v) is 3.06. The number of amides is 1. The molecule has 21 heavy (non-hydrogen) atoms. The summed E-state index contributed by atoms with van der Waals surface area (Å²) >= 11 is 0. The highest BCUT2D eigenvalue weighted by atomic mass is 16.1. The van der Waals surface area contributed by atoms with Crippen molar-refractivity contribution in [2.75, 3.05) is 25.5 Å². The van der Waals surface area contributed by atoms with Crippen LogP contribution in [0.3, 0.4) is 0 Å². The van der Waals surface area contributed by atoms with Gasteiger partial charge in [0.2, 0.25) is 5.91 Å². The molecule has 0 unspecified atom stereocenters. The Morgan fingerprint density at radius 2 is 2.00 bits per heavy atom. The fourth-order valence-electron chi connectivity index (χ4n) is 3.06. The summed E-state index contributed by atoms with van der Waals surface area (Å²) < 4.78 is 0. The molecule has 0 aromatic heterocycles. The average Bonchev–Trinajstić information content (AvgIpc) is 2.43. The number of anilines is 1. The van der Waals surface area contributed by atoms with E-state index in [0.717, 1.165) is 37.2 Å². The molecule has 1 aromatic carbocycles. The largest absolute Gasteiger partial charge is 0.326 e. The minimum Gasteiger partial charge on any atom is -0.326 e. The summed E-state index contributed by atoms with van der Waals surface area (Å²) in [6.45, 7) is 8.62. The molecule has 0 atom stereocenters. The Hall–Kier alpha value is -1.35. The molecule has 0 saturated carbocycles. The number of carbonyl (C=O) groups is 1.